The molecule has 2 N–H and O–H groups in total. The molecule has 23 heavy (non-hydrogen) atoms. The number of hydrogen-bond donors (Lipinski definition) is 1. The Bertz CT molecular complexity index is 542. The van der Waals surface area contributed by atoms with Crippen molar-refractivity contribution in [3.8, 4) is 0 Å². The molecule has 1 atom stereocenters. The van der Waals surface area contributed by atoms with Crippen molar-refractivity contribution in [1.82, 2.24) is 9.80 Å². The molecule has 1 heterocycles. The third-order valence-electron chi connectivity index (χ3n) is 4.32. The van der Waals surface area contributed by atoms with Gasteiger partial charge in [-0.2, -0.15) is 0 Å². The minimum absolute atomic E-state index is 0. The summed E-state index contributed by atoms with van der Waals surface area (Å²) in [6.45, 7) is 6.64. The van der Waals surface area contributed by atoms with Gasteiger partial charge in [0.1, 0.15) is 0 Å². The molecule has 128 valence electrons. The van der Waals surface area contributed by atoms with E-state index in [1.165, 1.54) is 0 Å². The van der Waals surface area contributed by atoms with Gasteiger partial charge in [-0.15, -0.1) is 12.4 Å². The van der Waals surface area contributed by atoms with Gasteiger partial charge in [0.2, 0.25) is 11.8 Å². The van der Waals surface area contributed by atoms with Crippen LogP contribution >= 0.6 is 12.4 Å². The van der Waals surface area contributed by atoms with Crippen molar-refractivity contribution in [1.29, 1.82) is 0 Å². The lowest BCUT2D eigenvalue weighted by molar-refractivity contribution is -0.141. The molecule has 6 heteroatoms. The summed E-state index contributed by atoms with van der Waals surface area (Å²) in [4.78, 5) is 28.1. The van der Waals surface area contributed by atoms with E-state index >= 15 is 0 Å². The summed E-state index contributed by atoms with van der Waals surface area (Å²) in [5.74, 6) is 0.0796. The monoisotopic (exact) mass is 339 g/mol. The average Bonchev–Trinajstić information content (AvgIpc) is 2.55. The zero-order valence-corrected chi connectivity index (χ0v) is 14.6. The summed E-state index contributed by atoms with van der Waals surface area (Å²) in [5, 5.41) is 0. The van der Waals surface area contributed by atoms with E-state index in [-0.39, 0.29) is 30.1 Å². The Morgan fingerprint density at radius 3 is 2.26 bits per heavy atom. The highest BCUT2D eigenvalue weighted by Gasteiger charge is 2.26. The van der Waals surface area contributed by atoms with Crippen LogP contribution in [0.3, 0.4) is 0 Å². The van der Waals surface area contributed by atoms with Gasteiger partial charge >= 0.3 is 0 Å². The Labute approximate surface area is 144 Å². The van der Waals surface area contributed by atoms with Crippen molar-refractivity contribution in [3.63, 3.8) is 0 Å². The van der Waals surface area contributed by atoms with Crippen LogP contribution in [0.2, 0.25) is 0 Å². The number of piperazine rings is 1. The first-order valence-corrected chi connectivity index (χ1v) is 7.84. The van der Waals surface area contributed by atoms with Crippen molar-refractivity contribution in [2.75, 3.05) is 32.7 Å². The van der Waals surface area contributed by atoms with Crippen molar-refractivity contribution in [2.24, 2.45) is 11.7 Å². The molecule has 1 fully saturated rings. The summed E-state index contributed by atoms with van der Waals surface area (Å²) in [7, 11) is 0. The number of nitrogens with two attached hydrogens (primary N) is 1. The van der Waals surface area contributed by atoms with E-state index < -0.39 is 0 Å². The first kappa shape index (κ1) is 19.5. The maximum atomic E-state index is 12.4. The van der Waals surface area contributed by atoms with E-state index in [0.717, 1.165) is 11.1 Å². The molecule has 1 aromatic rings. The highest BCUT2D eigenvalue weighted by molar-refractivity contribution is 5.85. The number of carbonyl (C=O) groups excluding carboxylic acids is 2. The van der Waals surface area contributed by atoms with Gasteiger partial charge < -0.3 is 15.5 Å². The minimum atomic E-state index is -0.144. The largest absolute Gasteiger partial charge is 0.339 e. The number of carbonyl (C=O) groups is 2. The predicted molar refractivity (Wildman–Crippen MR) is 93.5 cm³/mol. The summed E-state index contributed by atoms with van der Waals surface area (Å²) >= 11 is 0. The van der Waals surface area contributed by atoms with Crippen LogP contribution in [0.1, 0.15) is 18.1 Å². The van der Waals surface area contributed by atoms with E-state index in [1.807, 2.05) is 47.9 Å². The lowest BCUT2D eigenvalue weighted by atomic mass is 10.0. The van der Waals surface area contributed by atoms with Gasteiger partial charge in [0.25, 0.3) is 0 Å². The molecule has 1 saturated heterocycles. The molecule has 1 aliphatic heterocycles. The second-order valence-electron chi connectivity index (χ2n) is 5.95. The highest BCUT2D eigenvalue weighted by atomic mass is 35.5. The summed E-state index contributed by atoms with van der Waals surface area (Å²) < 4.78 is 0. The summed E-state index contributed by atoms with van der Waals surface area (Å²) in [6.07, 6.45) is 0.430. The lowest BCUT2D eigenvalue weighted by Gasteiger charge is -2.36. The number of aryl methyl sites for hydroxylation is 1. The zero-order valence-electron chi connectivity index (χ0n) is 13.8. The number of benzene rings is 1. The third kappa shape index (κ3) is 4.94. The quantitative estimate of drug-likeness (QED) is 0.897. The van der Waals surface area contributed by atoms with Crippen molar-refractivity contribution in [2.45, 2.75) is 20.3 Å². The molecule has 0 aliphatic carbocycles. The lowest BCUT2D eigenvalue weighted by Crippen LogP contribution is -2.52. The van der Waals surface area contributed by atoms with Crippen LogP contribution in [-0.4, -0.2) is 54.3 Å². The Morgan fingerprint density at radius 1 is 1.13 bits per heavy atom. The fourth-order valence-electron chi connectivity index (χ4n) is 2.67. The van der Waals surface area contributed by atoms with Crippen LogP contribution in [0, 0.1) is 12.8 Å². The molecule has 1 unspecified atom stereocenters. The van der Waals surface area contributed by atoms with E-state index in [0.29, 0.717) is 39.1 Å². The van der Waals surface area contributed by atoms with E-state index in [2.05, 4.69) is 0 Å². The zero-order chi connectivity index (χ0) is 16.1. The number of hydrogen-bond acceptors (Lipinski definition) is 3. The molecule has 5 nitrogen and oxygen atoms in total. The Balaban J connectivity index is 0.00000264. The minimum Gasteiger partial charge on any atom is -0.339 e. The third-order valence-corrected chi connectivity index (χ3v) is 4.32. The van der Waals surface area contributed by atoms with Crippen LogP contribution in [0.5, 0.6) is 0 Å². The number of nitrogens with zero attached hydrogens (tertiary/aromatic N) is 2. The SMILES string of the molecule is Cc1ccccc1CC(=O)N1CCN(C(=O)C(C)CN)CC1.Cl. The average molecular weight is 340 g/mol. The first-order chi connectivity index (χ1) is 10.5. The van der Waals surface area contributed by atoms with Gasteiger partial charge in [-0.25, -0.2) is 0 Å². The van der Waals surface area contributed by atoms with Gasteiger partial charge in [-0.3, -0.25) is 9.59 Å². The van der Waals surface area contributed by atoms with Crippen LogP contribution in [0.4, 0.5) is 0 Å². The van der Waals surface area contributed by atoms with Gasteiger partial charge in [0.05, 0.1) is 6.42 Å². The highest BCUT2D eigenvalue weighted by Crippen LogP contribution is 2.12. The molecule has 1 aromatic carbocycles. The van der Waals surface area contributed by atoms with Crippen LogP contribution in [0.15, 0.2) is 24.3 Å². The summed E-state index contributed by atoms with van der Waals surface area (Å²) in [6, 6.07) is 7.95. The molecule has 0 saturated carbocycles. The molecule has 0 aromatic heterocycles. The smallest absolute Gasteiger partial charge is 0.227 e. The van der Waals surface area contributed by atoms with Gasteiger partial charge in [-0.1, -0.05) is 31.2 Å². The summed E-state index contributed by atoms with van der Waals surface area (Å²) in [5.41, 5.74) is 7.76. The van der Waals surface area contributed by atoms with E-state index in [4.69, 9.17) is 5.73 Å². The Kier molecular flexibility index (Phi) is 7.52. The molecule has 1 aliphatic rings. The van der Waals surface area contributed by atoms with Crippen molar-refractivity contribution in [3.05, 3.63) is 35.4 Å². The maximum absolute atomic E-state index is 12.4. The first-order valence-electron chi connectivity index (χ1n) is 7.84. The van der Waals surface area contributed by atoms with Gasteiger partial charge in [0.15, 0.2) is 0 Å². The molecular formula is C17H26ClN3O2. The van der Waals surface area contributed by atoms with Crippen molar-refractivity contribution >= 4 is 24.2 Å². The van der Waals surface area contributed by atoms with E-state index in [1.54, 1.807) is 0 Å². The number of rotatable bonds is 4. The van der Waals surface area contributed by atoms with E-state index in [9.17, 15) is 9.59 Å². The Hall–Kier alpha value is -1.59. The molecule has 2 rings (SSSR count). The predicted octanol–water partition coefficient (Wildman–Crippen LogP) is 1.22. The molecular weight excluding hydrogens is 314 g/mol. The molecule has 0 spiro atoms. The van der Waals surface area contributed by atoms with Crippen molar-refractivity contribution < 1.29 is 9.59 Å². The molecule has 2 amide bonds. The fourth-order valence-corrected chi connectivity index (χ4v) is 2.67. The maximum Gasteiger partial charge on any atom is 0.227 e. The normalized spacial score (nSPS) is 15.8. The topological polar surface area (TPSA) is 66.6 Å². The van der Waals surface area contributed by atoms with Gasteiger partial charge in [0, 0.05) is 38.6 Å². The van der Waals surface area contributed by atoms with Crippen LogP contribution in [0.25, 0.3) is 0 Å². The Morgan fingerprint density at radius 2 is 1.70 bits per heavy atom. The second kappa shape index (κ2) is 8.89. The second-order valence-corrected chi connectivity index (χ2v) is 5.95. The fraction of sp³-hybridized carbons (Fsp3) is 0.529. The number of halogens is 1. The van der Waals surface area contributed by atoms with Gasteiger partial charge in [-0.05, 0) is 18.1 Å². The standard InChI is InChI=1S/C17H25N3O2.ClH/c1-13-5-3-4-6-15(13)11-16(21)19-7-9-20(10-8-19)17(22)14(2)12-18;/h3-6,14H,7-12,18H2,1-2H3;1H. The van der Waals surface area contributed by atoms with Crippen LogP contribution < -0.4 is 5.73 Å². The number of amides is 2. The molecule has 0 radical (unpaired) electrons. The molecule has 0 bridgehead atoms. The van der Waals surface area contributed by atoms with Crippen LogP contribution in [-0.2, 0) is 16.0 Å².